The van der Waals surface area contributed by atoms with Crippen LogP contribution in [0.4, 0.5) is 0 Å². The molecule has 0 spiro atoms. The van der Waals surface area contributed by atoms with Gasteiger partial charge in [0.25, 0.3) is 0 Å². The van der Waals surface area contributed by atoms with Gasteiger partial charge < -0.3 is 26.6 Å². The number of allylic oxidation sites excluding steroid dienone is 4. The van der Waals surface area contributed by atoms with Crippen molar-refractivity contribution in [3.05, 3.63) is 24.3 Å². The van der Waals surface area contributed by atoms with Crippen LogP contribution in [0.1, 0.15) is 67.2 Å². The topological polar surface area (TPSA) is 55.4 Å². The summed E-state index contributed by atoms with van der Waals surface area (Å²) in [5.41, 5.74) is 3.06. The zero-order valence-corrected chi connectivity index (χ0v) is 30.7. The molecule has 2 aliphatic rings. The second-order valence-corrected chi connectivity index (χ2v) is 27.7. The Bertz CT molecular complexity index is 756. The lowest BCUT2D eigenvalue weighted by Crippen LogP contribution is -2.55. The molecule has 10 heteroatoms. The van der Waals surface area contributed by atoms with Gasteiger partial charge in [-0.2, -0.15) is 0 Å². The molecule has 0 N–H and O–H groups in total. The van der Waals surface area contributed by atoms with Crippen LogP contribution in [0, 0.1) is 5.92 Å². The highest BCUT2D eigenvalue weighted by Crippen LogP contribution is 2.46. The predicted octanol–water partition coefficient (Wildman–Crippen LogP) is 8.01. The molecule has 0 bridgehead atoms. The van der Waals surface area contributed by atoms with Crippen molar-refractivity contribution in [1.29, 1.82) is 0 Å². The van der Waals surface area contributed by atoms with Gasteiger partial charge in [0.15, 0.2) is 16.6 Å². The Morgan fingerprint density at radius 3 is 1.72 bits per heavy atom. The third kappa shape index (κ3) is 10.1. The average Bonchev–Trinajstić information content (AvgIpc) is 3.34. The van der Waals surface area contributed by atoms with Gasteiger partial charge in [-0.15, -0.1) is 0 Å². The van der Waals surface area contributed by atoms with Crippen molar-refractivity contribution >= 4 is 33.8 Å². The van der Waals surface area contributed by atoms with E-state index in [1.165, 1.54) is 6.42 Å². The molecule has 5 unspecified atom stereocenters. The van der Waals surface area contributed by atoms with Crippen LogP contribution in [0.25, 0.3) is 0 Å². The molecule has 0 aromatic rings. The minimum absolute atomic E-state index is 0.448. The van der Waals surface area contributed by atoms with E-state index < -0.39 is 33.8 Å². The lowest BCUT2D eigenvalue weighted by molar-refractivity contribution is 0.179. The molecule has 6 nitrogen and oxygen atoms in total. The molecule has 5 atom stereocenters. The van der Waals surface area contributed by atoms with Gasteiger partial charge in [0.05, 0.1) is 0 Å². The first kappa shape index (κ1) is 35.3. The van der Waals surface area contributed by atoms with E-state index in [-0.39, 0.29) is 0 Å². The van der Waals surface area contributed by atoms with Gasteiger partial charge in [-0.25, -0.2) is 0 Å². The molecule has 0 aromatic heterocycles. The Morgan fingerprint density at radius 1 is 0.641 bits per heavy atom. The highest BCUT2D eigenvalue weighted by Gasteiger charge is 2.53. The van der Waals surface area contributed by atoms with Crippen molar-refractivity contribution in [3.63, 3.8) is 0 Å². The van der Waals surface area contributed by atoms with Gasteiger partial charge >= 0.3 is 17.1 Å². The zero-order chi connectivity index (χ0) is 29.0. The van der Waals surface area contributed by atoms with Gasteiger partial charge in [-0.05, 0) is 110 Å². The molecule has 0 aliphatic heterocycles. The standard InChI is InChI=1S/C29H60O6Si4/c1-10-30-36(7,25-38(9,32-12-3)33-13-4)29-22-21-27(23-29)24-39(34-14-5,35-15-6)26-37(8,31-11-2)28-19-17-16-18-20-28/h16-17,21-22,27-29H,10-15,18-20,23-26H2,1-9H3. The van der Waals surface area contributed by atoms with E-state index in [1.807, 2.05) is 0 Å². The lowest BCUT2D eigenvalue weighted by atomic mass is 10.1. The molecule has 0 fully saturated rings. The Hall–Kier alpha value is 0.108. The second kappa shape index (κ2) is 16.7. The Balaban J connectivity index is 2.27. The molecule has 0 radical (unpaired) electrons. The summed E-state index contributed by atoms with van der Waals surface area (Å²) in [5.74, 6) is 0.449. The Labute approximate surface area is 245 Å². The van der Waals surface area contributed by atoms with Crippen LogP contribution in [-0.2, 0) is 26.6 Å². The quantitative estimate of drug-likeness (QED) is 0.102. The van der Waals surface area contributed by atoms with Crippen molar-refractivity contribution in [2.75, 3.05) is 39.6 Å². The van der Waals surface area contributed by atoms with E-state index in [2.05, 4.69) is 85.5 Å². The van der Waals surface area contributed by atoms with Crippen molar-refractivity contribution < 1.29 is 26.6 Å². The smallest absolute Gasteiger partial charge is 0.338 e. The van der Waals surface area contributed by atoms with E-state index in [0.717, 1.165) is 49.9 Å². The number of hydrogen-bond acceptors (Lipinski definition) is 6. The minimum atomic E-state index is -2.50. The molecule has 0 amide bonds. The first-order chi connectivity index (χ1) is 18.6. The van der Waals surface area contributed by atoms with E-state index in [0.29, 0.717) is 43.4 Å². The predicted molar refractivity (Wildman–Crippen MR) is 173 cm³/mol. The van der Waals surface area contributed by atoms with Crippen LogP contribution in [0.3, 0.4) is 0 Å². The van der Waals surface area contributed by atoms with Crippen LogP contribution in [0.15, 0.2) is 24.3 Å². The number of rotatable bonds is 20. The molecular weight excluding hydrogens is 557 g/mol. The first-order valence-electron chi connectivity index (χ1n) is 15.7. The van der Waals surface area contributed by atoms with Gasteiger partial charge in [-0.3, -0.25) is 0 Å². The van der Waals surface area contributed by atoms with E-state index in [9.17, 15) is 0 Å². The van der Waals surface area contributed by atoms with Crippen LogP contribution >= 0.6 is 0 Å². The summed E-state index contributed by atoms with van der Waals surface area (Å²) in [7, 11) is -8.99. The summed E-state index contributed by atoms with van der Waals surface area (Å²) in [5, 5.41) is 0. The van der Waals surface area contributed by atoms with Gasteiger partial charge in [0.1, 0.15) is 0 Å². The van der Waals surface area contributed by atoms with Crippen LogP contribution in [-0.4, -0.2) is 73.4 Å². The Kier molecular flexibility index (Phi) is 15.1. The molecule has 0 saturated heterocycles. The maximum absolute atomic E-state index is 6.74. The van der Waals surface area contributed by atoms with Gasteiger partial charge in [-0.1, -0.05) is 24.3 Å². The summed E-state index contributed by atoms with van der Waals surface area (Å²) in [6.07, 6.45) is 14.3. The van der Waals surface area contributed by atoms with E-state index in [4.69, 9.17) is 26.6 Å². The molecule has 228 valence electrons. The van der Waals surface area contributed by atoms with Crippen LogP contribution < -0.4 is 0 Å². The fraction of sp³-hybridized carbons (Fsp3) is 0.862. The maximum Gasteiger partial charge on any atom is 0.338 e. The molecular formula is C29H60O6Si4. The van der Waals surface area contributed by atoms with Crippen molar-refractivity contribution in [3.8, 4) is 0 Å². The van der Waals surface area contributed by atoms with E-state index in [1.54, 1.807) is 0 Å². The van der Waals surface area contributed by atoms with E-state index >= 15 is 0 Å². The largest absolute Gasteiger partial charge is 0.417 e. The molecule has 0 saturated carbocycles. The third-order valence-electron chi connectivity index (χ3n) is 8.62. The molecule has 39 heavy (non-hydrogen) atoms. The second-order valence-electron chi connectivity index (χ2n) is 11.8. The van der Waals surface area contributed by atoms with Crippen LogP contribution in [0.5, 0.6) is 0 Å². The SMILES string of the molecule is CCO[Si](C)(C[Si](C)(OCC)C1C=CC(C[Si](C[Si](C)(OCC)C2CC=CCC2)(OCC)OCC)C1)OCC. The summed E-state index contributed by atoms with van der Waals surface area (Å²) in [6, 6.07) is 1.00. The fourth-order valence-corrected chi connectivity index (χ4v) is 30.1. The highest BCUT2D eigenvalue weighted by molar-refractivity contribution is 6.90. The number of hydrogen-bond donors (Lipinski definition) is 0. The highest BCUT2D eigenvalue weighted by atomic mass is 28.4. The summed E-state index contributed by atoms with van der Waals surface area (Å²) in [4.78, 5) is 0. The maximum atomic E-state index is 6.74. The molecule has 2 aliphatic carbocycles. The van der Waals surface area contributed by atoms with Gasteiger partial charge in [0.2, 0.25) is 0 Å². The monoisotopic (exact) mass is 616 g/mol. The first-order valence-corrected chi connectivity index (χ1v) is 25.9. The summed E-state index contributed by atoms with van der Waals surface area (Å²) in [6.45, 7) is 24.1. The summed E-state index contributed by atoms with van der Waals surface area (Å²) >= 11 is 0. The van der Waals surface area contributed by atoms with Gasteiger partial charge in [0, 0.05) is 51.0 Å². The molecule has 2 rings (SSSR count). The van der Waals surface area contributed by atoms with Crippen LogP contribution in [0.2, 0.25) is 48.1 Å². The average molecular weight is 617 g/mol. The molecule has 0 aromatic carbocycles. The van der Waals surface area contributed by atoms with Crippen molar-refractivity contribution in [1.82, 2.24) is 0 Å². The normalized spacial score (nSPS) is 25.1. The zero-order valence-electron chi connectivity index (χ0n) is 26.7. The fourth-order valence-electron chi connectivity index (χ4n) is 7.17. The minimum Gasteiger partial charge on any atom is -0.417 e. The lowest BCUT2D eigenvalue weighted by Gasteiger charge is -2.43. The Morgan fingerprint density at radius 2 is 1.21 bits per heavy atom. The third-order valence-corrected chi connectivity index (χ3v) is 29.7. The molecule has 0 heterocycles. The van der Waals surface area contributed by atoms with Crippen molar-refractivity contribution in [2.45, 2.75) is 115 Å². The van der Waals surface area contributed by atoms with Crippen molar-refractivity contribution in [2.24, 2.45) is 5.92 Å². The summed E-state index contributed by atoms with van der Waals surface area (Å²) < 4.78 is 39.4.